The van der Waals surface area contributed by atoms with Crippen LogP contribution in [0.4, 0.5) is 5.69 Å². The summed E-state index contributed by atoms with van der Waals surface area (Å²) in [6, 6.07) is 9.24. The fraction of sp³-hybridized carbons (Fsp3) is 0.316. The van der Waals surface area contributed by atoms with Gasteiger partial charge in [0, 0.05) is 12.6 Å². The molecule has 1 heterocycles. The quantitative estimate of drug-likeness (QED) is 0.380. The van der Waals surface area contributed by atoms with Gasteiger partial charge in [0.25, 0.3) is 0 Å². The number of aromatic nitrogens is 2. The van der Waals surface area contributed by atoms with Gasteiger partial charge in [-0.25, -0.2) is 4.98 Å². The first-order valence-corrected chi connectivity index (χ1v) is 8.25. The second-order valence-corrected chi connectivity index (χ2v) is 6.29. The molecule has 0 fully saturated rings. The van der Waals surface area contributed by atoms with Gasteiger partial charge >= 0.3 is 5.69 Å². The Bertz CT molecular complexity index is 931. The van der Waals surface area contributed by atoms with Crippen LogP contribution in [-0.4, -0.2) is 21.1 Å². The lowest BCUT2D eigenvalue weighted by atomic mass is 10.1. The van der Waals surface area contributed by atoms with Crippen molar-refractivity contribution in [2.24, 2.45) is 0 Å². The molecule has 0 unspecified atom stereocenters. The number of nitro groups is 1. The minimum absolute atomic E-state index is 0.0131. The van der Waals surface area contributed by atoms with Crippen LogP contribution >= 0.6 is 0 Å². The molecule has 6 nitrogen and oxygen atoms in total. The van der Waals surface area contributed by atoms with Gasteiger partial charge in [0.2, 0.25) is 0 Å². The van der Waals surface area contributed by atoms with Gasteiger partial charge in [-0.1, -0.05) is 6.07 Å². The maximum Gasteiger partial charge on any atom is 0.311 e. The number of hydrogen-bond acceptors (Lipinski definition) is 4. The average Bonchev–Trinajstić information content (AvgIpc) is 2.95. The molecule has 0 aliphatic rings. The van der Waals surface area contributed by atoms with Crippen LogP contribution in [0, 0.1) is 30.9 Å². The highest BCUT2D eigenvalue weighted by atomic mass is 16.6. The predicted octanol–water partition coefficient (Wildman–Crippen LogP) is 4.34. The number of benzene rings is 2. The van der Waals surface area contributed by atoms with Crippen LogP contribution in [0.5, 0.6) is 5.75 Å². The Labute approximate surface area is 146 Å². The molecule has 0 amide bonds. The molecule has 0 radical (unpaired) electrons. The van der Waals surface area contributed by atoms with E-state index in [0.717, 1.165) is 29.6 Å². The standard InChI is InChI=1S/C19H21N3O3/c1-13-5-6-19(18(9-13)22(23)24)25-8-4-7-21-12-20-16-10-14(2)15(3)11-17(16)21/h5-6,9-12H,4,7-8H2,1-3H3. The van der Waals surface area contributed by atoms with E-state index in [0.29, 0.717) is 12.4 Å². The second kappa shape index (κ2) is 6.93. The van der Waals surface area contributed by atoms with Gasteiger partial charge in [-0.05, 0) is 62.1 Å². The molecule has 0 saturated carbocycles. The van der Waals surface area contributed by atoms with E-state index in [1.165, 1.54) is 17.2 Å². The maximum absolute atomic E-state index is 11.1. The minimum Gasteiger partial charge on any atom is -0.487 e. The van der Waals surface area contributed by atoms with Gasteiger partial charge in [-0.2, -0.15) is 0 Å². The van der Waals surface area contributed by atoms with Crippen molar-refractivity contribution in [2.45, 2.75) is 33.7 Å². The average molecular weight is 339 g/mol. The molecule has 25 heavy (non-hydrogen) atoms. The van der Waals surface area contributed by atoms with Crippen molar-refractivity contribution in [2.75, 3.05) is 6.61 Å². The summed E-state index contributed by atoms with van der Waals surface area (Å²) in [6.45, 7) is 7.15. The topological polar surface area (TPSA) is 70.2 Å². The molecule has 3 rings (SSSR count). The highest BCUT2D eigenvalue weighted by molar-refractivity contribution is 5.77. The van der Waals surface area contributed by atoms with Gasteiger partial charge in [0.05, 0.1) is 28.9 Å². The molecule has 0 aliphatic carbocycles. The normalized spacial score (nSPS) is 11.0. The molecule has 0 N–H and O–H groups in total. The van der Waals surface area contributed by atoms with Crippen molar-refractivity contribution in [3.8, 4) is 5.75 Å². The number of fused-ring (bicyclic) bond motifs is 1. The lowest BCUT2D eigenvalue weighted by molar-refractivity contribution is -0.385. The zero-order valence-corrected chi connectivity index (χ0v) is 14.7. The number of imidazole rings is 1. The smallest absolute Gasteiger partial charge is 0.311 e. The van der Waals surface area contributed by atoms with Crippen molar-refractivity contribution in [3.05, 3.63) is 63.5 Å². The Morgan fingerprint density at radius 3 is 2.68 bits per heavy atom. The molecule has 0 atom stereocenters. The van der Waals surface area contributed by atoms with Crippen LogP contribution in [0.2, 0.25) is 0 Å². The number of aryl methyl sites for hydroxylation is 4. The Kier molecular flexibility index (Phi) is 4.70. The SMILES string of the molecule is Cc1ccc(OCCCn2cnc3cc(C)c(C)cc32)c([N+](=O)[O-])c1. The molecule has 0 spiro atoms. The van der Waals surface area contributed by atoms with E-state index in [4.69, 9.17) is 4.74 Å². The van der Waals surface area contributed by atoms with Crippen molar-refractivity contribution in [1.29, 1.82) is 0 Å². The molecule has 6 heteroatoms. The zero-order chi connectivity index (χ0) is 18.0. The summed E-state index contributed by atoms with van der Waals surface area (Å²) >= 11 is 0. The van der Waals surface area contributed by atoms with Gasteiger partial charge in [-0.15, -0.1) is 0 Å². The van der Waals surface area contributed by atoms with Gasteiger partial charge in [0.15, 0.2) is 5.75 Å². The zero-order valence-electron chi connectivity index (χ0n) is 14.7. The number of ether oxygens (including phenoxy) is 1. The number of nitro benzene ring substituents is 1. The first-order valence-electron chi connectivity index (χ1n) is 8.25. The summed E-state index contributed by atoms with van der Waals surface area (Å²) in [4.78, 5) is 15.1. The van der Waals surface area contributed by atoms with Crippen LogP contribution in [0.1, 0.15) is 23.1 Å². The van der Waals surface area contributed by atoms with Crippen LogP contribution in [0.15, 0.2) is 36.7 Å². The predicted molar refractivity (Wildman–Crippen MR) is 97.2 cm³/mol. The third-order valence-electron chi connectivity index (χ3n) is 4.35. The third-order valence-corrected chi connectivity index (χ3v) is 4.35. The fourth-order valence-electron chi connectivity index (χ4n) is 2.80. The van der Waals surface area contributed by atoms with Gasteiger partial charge < -0.3 is 9.30 Å². The van der Waals surface area contributed by atoms with Crippen LogP contribution in [0.25, 0.3) is 11.0 Å². The molecule has 2 aromatic carbocycles. The van der Waals surface area contributed by atoms with Crippen LogP contribution in [0.3, 0.4) is 0 Å². The van der Waals surface area contributed by atoms with E-state index in [2.05, 4.69) is 35.5 Å². The van der Waals surface area contributed by atoms with Gasteiger partial charge in [0.1, 0.15) is 0 Å². The number of rotatable bonds is 6. The minimum atomic E-state index is -0.406. The highest BCUT2D eigenvalue weighted by Gasteiger charge is 2.15. The summed E-state index contributed by atoms with van der Waals surface area (Å²) in [5.41, 5.74) is 5.41. The van der Waals surface area contributed by atoms with Crippen molar-refractivity contribution >= 4 is 16.7 Å². The summed E-state index contributed by atoms with van der Waals surface area (Å²) in [7, 11) is 0. The highest BCUT2D eigenvalue weighted by Crippen LogP contribution is 2.28. The summed E-state index contributed by atoms with van der Waals surface area (Å²) in [6.07, 6.45) is 2.57. The van der Waals surface area contributed by atoms with E-state index in [-0.39, 0.29) is 5.69 Å². The molecule has 0 bridgehead atoms. The van der Waals surface area contributed by atoms with Crippen LogP contribution in [-0.2, 0) is 6.54 Å². The Balaban J connectivity index is 1.65. The number of hydrogen-bond donors (Lipinski definition) is 0. The van der Waals surface area contributed by atoms with Crippen molar-refractivity contribution in [3.63, 3.8) is 0 Å². The van der Waals surface area contributed by atoms with Gasteiger partial charge in [-0.3, -0.25) is 10.1 Å². The Hall–Kier alpha value is -2.89. The van der Waals surface area contributed by atoms with E-state index < -0.39 is 4.92 Å². The Morgan fingerprint density at radius 2 is 1.92 bits per heavy atom. The largest absolute Gasteiger partial charge is 0.487 e. The monoisotopic (exact) mass is 339 g/mol. The molecule has 0 aliphatic heterocycles. The van der Waals surface area contributed by atoms with E-state index in [9.17, 15) is 10.1 Å². The molecular formula is C19H21N3O3. The summed E-state index contributed by atoms with van der Waals surface area (Å²) in [5.74, 6) is 0.317. The van der Waals surface area contributed by atoms with E-state index in [1.807, 2.05) is 19.3 Å². The van der Waals surface area contributed by atoms with E-state index in [1.54, 1.807) is 6.07 Å². The first-order chi connectivity index (χ1) is 12.0. The fourth-order valence-corrected chi connectivity index (χ4v) is 2.80. The lowest BCUT2D eigenvalue weighted by Gasteiger charge is -2.09. The molecule has 0 saturated heterocycles. The number of nitrogens with zero attached hydrogens (tertiary/aromatic N) is 3. The summed E-state index contributed by atoms with van der Waals surface area (Å²) in [5, 5.41) is 11.1. The third kappa shape index (κ3) is 3.63. The Morgan fingerprint density at radius 1 is 1.16 bits per heavy atom. The second-order valence-electron chi connectivity index (χ2n) is 6.29. The van der Waals surface area contributed by atoms with Crippen LogP contribution < -0.4 is 4.74 Å². The molecule has 130 valence electrons. The van der Waals surface area contributed by atoms with E-state index >= 15 is 0 Å². The lowest BCUT2D eigenvalue weighted by Crippen LogP contribution is -2.05. The van der Waals surface area contributed by atoms with Crippen molar-refractivity contribution in [1.82, 2.24) is 9.55 Å². The summed E-state index contributed by atoms with van der Waals surface area (Å²) < 4.78 is 7.72. The molecule has 1 aromatic heterocycles. The maximum atomic E-state index is 11.1. The first kappa shape index (κ1) is 17.0. The molecule has 3 aromatic rings. The molecular weight excluding hydrogens is 318 g/mol. The van der Waals surface area contributed by atoms with Crippen molar-refractivity contribution < 1.29 is 9.66 Å².